The maximum absolute atomic E-state index is 11.8. The van der Waals surface area contributed by atoms with Gasteiger partial charge in [-0.15, -0.1) is 5.10 Å². The molecule has 1 aliphatic carbocycles. The highest BCUT2D eigenvalue weighted by Crippen LogP contribution is 2.31. The molecule has 5 nitrogen and oxygen atoms in total. The molecule has 0 saturated heterocycles. The first-order chi connectivity index (χ1) is 7.58. The number of H-pyrrole nitrogens is 1. The Morgan fingerprint density at radius 2 is 2.19 bits per heavy atom. The maximum Gasteiger partial charge on any atom is 0.291 e. The SMILES string of the molecule is Cc1nc(C(=O)NC2CCC(C)C2C)n[nH]1. The second-order valence-corrected chi connectivity index (χ2v) is 4.74. The summed E-state index contributed by atoms with van der Waals surface area (Å²) < 4.78 is 0. The summed E-state index contributed by atoms with van der Waals surface area (Å²) in [5, 5.41) is 9.53. The van der Waals surface area contributed by atoms with Crippen molar-refractivity contribution in [1.29, 1.82) is 0 Å². The largest absolute Gasteiger partial charge is 0.346 e. The molecular formula is C11H18N4O. The number of rotatable bonds is 2. The molecule has 1 aromatic rings. The van der Waals surface area contributed by atoms with Gasteiger partial charge in [0.05, 0.1) is 0 Å². The summed E-state index contributed by atoms with van der Waals surface area (Å²) in [6.45, 7) is 6.20. The Morgan fingerprint density at radius 3 is 2.69 bits per heavy atom. The summed E-state index contributed by atoms with van der Waals surface area (Å²) >= 11 is 0. The minimum Gasteiger partial charge on any atom is -0.346 e. The van der Waals surface area contributed by atoms with E-state index in [1.54, 1.807) is 6.92 Å². The summed E-state index contributed by atoms with van der Waals surface area (Å²) in [4.78, 5) is 15.8. The van der Waals surface area contributed by atoms with Crippen molar-refractivity contribution < 1.29 is 4.79 Å². The lowest BCUT2D eigenvalue weighted by atomic mass is 9.98. The molecule has 16 heavy (non-hydrogen) atoms. The fourth-order valence-electron chi connectivity index (χ4n) is 2.25. The molecular weight excluding hydrogens is 204 g/mol. The first-order valence-electron chi connectivity index (χ1n) is 5.78. The average Bonchev–Trinajstić information content (AvgIpc) is 2.79. The van der Waals surface area contributed by atoms with Crippen LogP contribution in [0.25, 0.3) is 0 Å². The predicted molar refractivity (Wildman–Crippen MR) is 59.9 cm³/mol. The molecule has 2 N–H and O–H groups in total. The van der Waals surface area contributed by atoms with Crippen molar-refractivity contribution >= 4 is 5.91 Å². The fraction of sp³-hybridized carbons (Fsp3) is 0.727. The van der Waals surface area contributed by atoms with Gasteiger partial charge in [0, 0.05) is 6.04 Å². The monoisotopic (exact) mass is 222 g/mol. The number of nitrogens with one attached hydrogen (secondary N) is 2. The molecule has 1 aliphatic rings. The van der Waals surface area contributed by atoms with E-state index >= 15 is 0 Å². The van der Waals surface area contributed by atoms with Gasteiger partial charge in [0.1, 0.15) is 5.82 Å². The second kappa shape index (κ2) is 4.23. The molecule has 0 aromatic carbocycles. The highest BCUT2D eigenvalue weighted by molar-refractivity contribution is 5.90. The van der Waals surface area contributed by atoms with Crippen LogP contribution in [-0.4, -0.2) is 27.1 Å². The van der Waals surface area contributed by atoms with E-state index in [1.165, 1.54) is 6.42 Å². The number of carbonyl (C=O) groups is 1. The van der Waals surface area contributed by atoms with Crippen LogP contribution in [0.4, 0.5) is 0 Å². The van der Waals surface area contributed by atoms with Crippen molar-refractivity contribution in [3.05, 3.63) is 11.6 Å². The third kappa shape index (κ3) is 2.08. The van der Waals surface area contributed by atoms with Crippen LogP contribution in [0.15, 0.2) is 0 Å². The minimum atomic E-state index is -0.171. The summed E-state index contributed by atoms with van der Waals surface area (Å²) in [6.07, 6.45) is 2.23. The van der Waals surface area contributed by atoms with Crippen molar-refractivity contribution in [1.82, 2.24) is 20.5 Å². The molecule has 1 heterocycles. The van der Waals surface area contributed by atoms with Crippen molar-refractivity contribution in [2.24, 2.45) is 11.8 Å². The number of hydrogen-bond acceptors (Lipinski definition) is 3. The van der Waals surface area contributed by atoms with E-state index in [0.29, 0.717) is 17.7 Å². The van der Waals surface area contributed by atoms with Gasteiger partial charge in [0.2, 0.25) is 5.82 Å². The van der Waals surface area contributed by atoms with Gasteiger partial charge >= 0.3 is 0 Å². The molecule has 0 spiro atoms. The van der Waals surface area contributed by atoms with Crippen LogP contribution in [0.1, 0.15) is 43.1 Å². The average molecular weight is 222 g/mol. The van der Waals surface area contributed by atoms with Crippen molar-refractivity contribution in [2.75, 3.05) is 0 Å². The van der Waals surface area contributed by atoms with Crippen LogP contribution in [0, 0.1) is 18.8 Å². The van der Waals surface area contributed by atoms with Crippen molar-refractivity contribution in [2.45, 2.75) is 39.7 Å². The van der Waals surface area contributed by atoms with E-state index in [0.717, 1.165) is 6.42 Å². The van der Waals surface area contributed by atoms with Gasteiger partial charge in [-0.25, -0.2) is 4.98 Å². The summed E-state index contributed by atoms with van der Waals surface area (Å²) in [5.74, 6) is 1.95. The number of aromatic nitrogens is 3. The number of carbonyl (C=O) groups excluding carboxylic acids is 1. The summed E-state index contributed by atoms with van der Waals surface area (Å²) in [7, 11) is 0. The normalized spacial score (nSPS) is 29.3. The van der Waals surface area contributed by atoms with Gasteiger partial charge in [-0.05, 0) is 31.6 Å². The minimum absolute atomic E-state index is 0.171. The molecule has 5 heteroatoms. The third-order valence-electron chi connectivity index (χ3n) is 3.58. The van der Waals surface area contributed by atoms with E-state index in [-0.39, 0.29) is 17.8 Å². The molecule has 1 amide bonds. The number of amides is 1. The van der Waals surface area contributed by atoms with E-state index < -0.39 is 0 Å². The Balaban J connectivity index is 1.98. The topological polar surface area (TPSA) is 70.7 Å². The smallest absolute Gasteiger partial charge is 0.291 e. The number of hydrogen-bond donors (Lipinski definition) is 2. The zero-order valence-electron chi connectivity index (χ0n) is 9.95. The standard InChI is InChI=1S/C11H18N4O/c1-6-4-5-9(7(6)2)13-11(16)10-12-8(3)14-15-10/h6-7,9H,4-5H2,1-3H3,(H,13,16)(H,12,14,15). The Bertz CT molecular complexity index is 387. The lowest BCUT2D eigenvalue weighted by molar-refractivity contribution is 0.0917. The van der Waals surface area contributed by atoms with E-state index in [9.17, 15) is 4.79 Å². The quantitative estimate of drug-likeness (QED) is 0.791. The lowest BCUT2D eigenvalue weighted by Gasteiger charge is -2.18. The van der Waals surface area contributed by atoms with Gasteiger partial charge in [-0.2, -0.15) is 0 Å². The van der Waals surface area contributed by atoms with Crippen LogP contribution >= 0.6 is 0 Å². The Morgan fingerprint density at radius 1 is 1.44 bits per heavy atom. The van der Waals surface area contributed by atoms with Crippen LogP contribution in [-0.2, 0) is 0 Å². The predicted octanol–water partition coefficient (Wildman–Crippen LogP) is 1.28. The number of aryl methyl sites for hydroxylation is 1. The summed E-state index contributed by atoms with van der Waals surface area (Å²) in [5.41, 5.74) is 0. The van der Waals surface area contributed by atoms with Crippen LogP contribution < -0.4 is 5.32 Å². The van der Waals surface area contributed by atoms with E-state index in [2.05, 4.69) is 34.3 Å². The van der Waals surface area contributed by atoms with E-state index in [4.69, 9.17) is 0 Å². The molecule has 2 rings (SSSR count). The van der Waals surface area contributed by atoms with Gasteiger partial charge in [0.25, 0.3) is 5.91 Å². The van der Waals surface area contributed by atoms with Crippen LogP contribution in [0.3, 0.4) is 0 Å². The molecule has 3 atom stereocenters. The Labute approximate surface area is 95.0 Å². The van der Waals surface area contributed by atoms with Gasteiger partial charge in [-0.1, -0.05) is 13.8 Å². The van der Waals surface area contributed by atoms with Crippen molar-refractivity contribution in [3.63, 3.8) is 0 Å². The Kier molecular flexibility index (Phi) is 2.94. The highest BCUT2D eigenvalue weighted by atomic mass is 16.2. The fourth-order valence-corrected chi connectivity index (χ4v) is 2.25. The zero-order chi connectivity index (χ0) is 11.7. The van der Waals surface area contributed by atoms with Gasteiger partial charge < -0.3 is 5.32 Å². The first kappa shape index (κ1) is 11.1. The molecule has 88 valence electrons. The molecule has 1 fully saturated rings. The molecule has 0 bridgehead atoms. The highest BCUT2D eigenvalue weighted by Gasteiger charge is 2.31. The van der Waals surface area contributed by atoms with E-state index in [1.807, 2.05) is 0 Å². The first-order valence-corrected chi connectivity index (χ1v) is 5.78. The molecule has 1 saturated carbocycles. The number of aromatic amines is 1. The molecule has 0 aliphatic heterocycles. The third-order valence-corrected chi connectivity index (χ3v) is 3.58. The zero-order valence-corrected chi connectivity index (χ0v) is 9.95. The van der Waals surface area contributed by atoms with Crippen molar-refractivity contribution in [3.8, 4) is 0 Å². The summed E-state index contributed by atoms with van der Waals surface area (Å²) in [6, 6.07) is 0.265. The second-order valence-electron chi connectivity index (χ2n) is 4.74. The molecule has 1 aromatic heterocycles. The van der Waals surface area contributed by atoms with Crippen LogP contribution in [0.2, 0.25) is 0 Å². The van der Waals surface area contributed by atoms with Gasteiger partial charge in [0.15, 0.2) is 0 Å². The molecule has 0 radical (unpaired) electrons. The molecule has 3 unspecified atom stereocenters. The van der Waals surface area contributed by atoms with Gasteiger partial charge in [-0.3, -0.25) is 9.89 Å². The van der Waals surface area contributed by atoms with Crippen LogP contribution in [0.5, 0.6) is 0 Å². The Hall–Kier alpha value is -1.39. The lowest BCUT2D eigenvalue weighted by Crippen LogP contribution is -2.37. The maximum atomic E-state index is 11.8. The number of nitrogens with zero attached hydrogens (tertiary/aromatic N) is 2.